The fourth-order valence-electron chi connectivity index (χ4n) is 2.45. The van der Waals surface area contributed by atoms with Crippen LogP contribution in [0.5, 0.6) is 0 Å². The molecule has 1 fully saturated rings. The highest BCUT2D eigenvalue weighted by Crippen LogP contribution is 2.40. The van der Waals surface area contributed by atoms with E-state index < -0.39 is 5.60 Å². The minimum absolute atomic E-state index is 0.234. The van der Waals surface area contributed by atoms with Crippen molar-refractivity contribution in [2.45, 2.75) is 38.2 Å². The zero-order valence-electron chi connectivity index (χ0n) is 10.8. The summed E-state index contributed by atoms with van der Waals surface area (Å²) in [6.07, 6.45) is 5.47. The molecule has 1 saturated carbocycles. The lowest BCUT2D eigenvalue weighted by Crippen LogP contribution is -2.35. The second-order valence-corrected chi connectivity index (χ2v) is 4.99. The second kappa shape index (κ2) is 4.91. The Bertz CT molecular complexity index is 472. The molecular weight excluding hydrogens is 228 g/mol. The van der Waals surface area contributed by atoms with Gasteiger partial charge in [0.25, 0.3) is 0 Å². The number of anilines is 1. The fourth-order valence-corrected chi connectivity index (χ4v) is 2.45. The molecule has 5 nitrogen and oxygen atoms in total. The van der Waals surface area contributed by atoms with Crippen LogP contribution in [0.1, 0.15) is 44.0 Å². The zero-order valence-corrected chi connectivity index (χ0v) is 10.8. The molecule has 1 aromatic rings. The van der Waals surface area contributed by atoms with Crippen LogP contribution in [0.15, 0.2) is 6.20 Å². The number of methoxy groups -OCH3 is 1. The summed E-state index contributed by atoms with van der Waals surface area (Å²) in [4.78, 5) is 8.52. The van der Waals surface area contributed by atoms with E-state index in [9.17, 15) is 0 Å². The van der Waals surface area contributed by atoms with Crippen molar-refractivity contribution in [3.63, 3.8) is 0 Å². The van der Waals surface area contributed by atoms with E-state index in [1.165, 1.54) is 6.20 Å². The first-order chi connectivity index (χ1) is 8.61. The minimum Gasteiger partial charge on any atom is -0.382 e. The molecule has 18 heavy (non-hydrogen) atoms. The van der Waals surface area contributed by atoms with Gasteiger partial charge in [0.05, 0.1) is 6.20 Å². The summed E-state index contributed by atoms with van der Waals surface area (Å²) in [6.45, 7) is 2.24. The lowest BCUT2D eigenvalue weighted by atomic mass is 9.79. The molecule has 0 unspecified atom stereocenters. The van der Waals surface area contributed by atoms with E-state index in [1.807, 2.05) is 6.07 Å². The first-order valence-electron chi connectivity index (χ1n) is 6.19. The first kappa shape index (κ1) is 12.8. The van der Waals surface area contributed by atoms with Gasteiger partial charge in [-0.25, -0.2) is 9.97 Å². The SMILES string of the molecule is COC1(c2ncc(C#N)c(N)n2)CCC(C)CC1. The Kier molecular flexibility index (Phi) is 3.48. The third-order valence-electron chi connectivity index (χ3n) is 3.82. The van der Waals surface area contributed by atoms with Crippen LogP contribution in [-0.2, 0) is 10.3 Å². The molecule has 2 N–H and O–H groups in total. The molecule has 1 heterocycles. The summed E-state index contributed by atoms with van der Waals surface area (Å²) in [5.74, 6) is 1.55. The quantitative estimate of drug-likeness (QED) is 0.862. The molecule has 2 rings (SSSR count). The van der Waals surface area contributed by atoms with Crippen molar-refractivity contribution in [3.05, 3.63) is 17.6 Å². The number of nitriles is 1. The molecule has 0 amide bonds. The van der Waals surface area contributed by atoms with Crippen molar-refractivity contribution in [3.8, 4) is 6.07 Å². The molecule has 1 aliphatic carbocycles. The highest BCUT2D eigenvalue weighted by molar-refractivity contribution is 5.46. The monoisotopic (exact) mass is 246 g/mol. The van der Waals surface area contributed by atoms with Crippen LogP contribution in [0, 0.1) is 17.2 Å². The molecule has 0 radical (unpaired) electrons. The molecule has 0 bridgehead atoms. The van der Waals surface area contributed by atoms with E-state index in [-0.39, 0.29) is 5.82 Å². The summed E-state index contributed by atoms with van der Waals surface area (Å²) in [5, 5.41) is 8.83. The van der Waals surface area contributed by atoms with E-state index in [0.717, 1.165) is 25.7 Å². The lowest BCUT2D eigenvalue weighted by molar-refractivity contribution is -0.0596. The van der Waals surface area contributed by atoms with Crippen molar-refractivity contribution in [1.29, 1.82) is 5.26 Å². The number of hydrogen-bond donors (Lipinski definition) is 1. The smallest absolute Gasteiger partial charge is 0.162 e. The molecule has 0 aromatic carbocycles. The Morgan fingerprint density at radius 1 is 1.50 bits per heavy atom. The molecule has 5 heteroatoms. The number of hydrogen-bond acceptors (Lipinski definition) is 5. The van der Waals surface area contributed by atoms with Crippen molar-refractivity contribution in [1.82, 2.24) is 9.97 Å². The Morgan fingerprint density at radius 3 is 2.67 bits per heavy atom. The van der Waals surface area contributed by atoms with E-state index in [2.05, 4.69) is 16.9 Å². The molecule has 0 aliphatic heterocycles. The standard InChI is InChI=1S/C13H18N4O/c1-9-3-5-13(18-2,6-4-9)12-16-8-10(7-14)11(15)17-12/h8-9H,3-6H2,1-2H3,(H2,15,16,17). The molecule has 1 aromatic heterocycles. The van der Waals surface area contributed by atoms with Crippen LogP contribution in [0.4, 0.5) is 5.82 Å². The summed E-state index contributed by atoms with van der Waals surface area (Å²) in [6, 6.07) is 1.97. The number of rotatable bonds is 2. The number of aromatic nitrogens is 2. The van der Waals surface area contributed by atoms with Crippen molar-refractivity contribution in [2.75, 3.05) is 12.8 Å². The van der Waals surface area contributed by atoms with Crippen LogP contribution < -0.4 is 5.73 Å². The average Bonchev–Trinajstić information content (AvgIpc) is 2.40. The summed E-state index contributed by atoms with van der Waals surface area (Å²) in [5.41, 5.74) is 5.63. The van der Waals surface area contributed by atoms with E-state index >= 15 is 0 Å². The maximum Gasteiger partial charge on any atom is 0.162 e. The van der Waals surface area contributed by atoms with Gasteiger partial charge >= 0.3 is 0 Å². The van der Waals surface area contributed by atoms with E-state index in [4.69, 9.17) is 15.7 Å². The van der Waals surface area contributed by atoms with Gasteiger partial charge in [-0.1, -0.05) is 6.92 Å². The van der Waals surface area contributed by atoms with Crippen molar-refractivity contribution >= 4 is 5.82 Å². The second-order valence-electron chi connectivity index (χ2n) is 4.99. The van der Waals surface area contributed by atoms with Gasteiger partial charge in [-0.3, -0.25) is 0 Å². The molecule has 0 saturated heterocycles. The average molecular weight is 246 g/mol. The van der Waals surface area contributed by atoms with Gasteiger partial charge in [-0.05, 0) is 31.6 Å². The van der Waals surface area contributed by atoms with E-state index in [1.54, 1.807) is 7.11 Å². The molecule has 96 valence electrons. The summed E-state index contributed by atoms with van der Waals surface area (Å²) < 4.78 is 5.68. The van der Waals surface area contributed by atoms with Crippen LogP contribution in [-0.4, -0.2) is 17.1 Å². The Labute approximate surface area is 107 Å². The Morgan fingerprint density at radius 2 is 2.17 bits per heavy atom. The normalized spacial score (nSPS) is 27.7. The summed E-state index contributed by atoms with van der Waals surface area (Å²) in [7, 11) is 1.69. The van der Waals surface area contributed by atoms with Crippen LogP contribution in [0.2, 0.25) is 0 Å². The molecular formula is C13H18N4O. The van der Waals surface area contributed by atoms with Crippen molar-refractivity contribution in [2.24, 2.45) is 5.92 Å². The van der Waals surface area contributed by atoms with Crippen LogP contribution in [0.3, 0.4) is 0 Å². The maximum atomic E-state index is 8.83. The van der Waals surface area contributed by atoms with Crippen LogP contribution >= 0.6 is 0 Å². The number of nitrogen functional groups attached to an aromatic ring is 1. The predicted molar refractivity (Wildman–Crippen MR) is 67.5 cm³/mol. The van der Waals surface area contributed by atoms with Gasteiger partial charge in [0.2, 0.25) is 0 Å². The number of nitrogens with zero attached hydrogens (tertiary/aromatic N) is 3. The van der Waals surface area contributed by atoms with Gasteiger partial charge in [-0.2, -0.15) is 5.26 Å². The number of ether oxygens (including phenoxy) is 1. The largest absolute Gasteiger partial charge is 0.382 e. The topological polar surface area (TPSA) is 84.8 Å². The molecule has 0 atom stereocenters. The summed E-state index contributed by atoms with van der Waals surface area (Å²) >= 11 is 0. The van der Waals surface area contributed by atoms with Gasteiger partial charge in [0.1, 0.15) is 23.1 Å². The van der Waals surface area contributed by atoms with E-state index in [0.29, 0.717) is 17.3 Å². The van der Waals surface area contributed by atoms with Gasteiger partial charge < -0.3 is 10.5 Å². The molecule has 0 spiro atoms. The maximum absolute atomic E-state index is 8.83. The number of nitrogens with two attached hydrogens (primary N) is 1. The van der Waals surface area contributed by atoms with Gasteiger partial charge in [0, 0.05) is 7.11 Å². The highest BCUT2D eigenvalue weighted by Gasteiger charge is 2.38. The zero-order chi connectivity index (χ0) is 13.2. The highest BCUT2D eigenvalue weighted by atomic mass is 16.5. The van der Waals surface area contributed by atoms with Crippen molar-refractivity contribution < 1.29 is 4.74 Å². The Hall–Kier alpha value is -1.67. The third-order valence-corrected chi connectivity index (χ3v) is 3.82. The molecule has 1 aliphatic rings. The predicted octanol–water partition coefficient (Wildman–Crippen LogP) is 1.98. The minimum atomic E-state index is -0.436. The fraction of sp³-hybridized carbons (Fsp3) is 0.615. The lowest BCUT2D eigenvalue weighted by Gasteiger charge is -2.36. The van der Waals surface area contributed by atoms with Gasteiger partial charge in [-0.15, -0.1) is 0 Å². The Balaban J connectivity index is 2.34. The third kappa shape index (κ3) is 2.16. The van der Waals surface area contributed by atoms with Crippen LogP contribution in [0.25, 0.3) is 0 Å². The van der Waals surface area contributed by atoms with Gasteiger partial charge in [0.15, 0.2) is 5.82 Å². The first-order valence-corrected chi connectivity index (χ1v) is 6.19.